The molecule has 0 aliphatic carbocycles. The molecule has 0 aromatic rings. The van der Waals surface area contributed by atoms with Gasteiger partial charge in [-0.05, 0) is 25.3 Å². The van der Waals surface area contributed by atoms with Crippen LogP contribution >= 0.6 is 22.6 Å². The molecule has 62 valence electrons. The minimum absolute atomic E-state index is 0.862. The molecule has 0 heterocycles. The lowest BCUT2D eigenvalue weighted by atomic mass is 10.1. The Morgan fingerprint density at radius 1 is 1.30 bits per heavy atom. The van der Waals surface area contributed by atoms with Crippen molar-refractivity contribution in [1.29, 1.82) is 0 Å². The standard InChI is InChI=1S/C8H18IN/c1-8(2)4-3-6-10-7-5-9/h8,10H,3-7H2,1-2H3. The van der Waals surface area contributed by atoms with Crippen LogP contribution in [0.25, 0.3) is 0 Å². The van der Waals surface area contributed by atoms with Gasteiger partial charge in [0.15, 0.2) is 0 Å². The van der Waals surface area contributed by atoms with E-state index in [1.807, 2.05) is 0 Å². The van der Waals surface area contributed by atoms with Gasteiger partial charge in [0.2, 0.25) is 0 Å². The van der Waals surface area contributed by atoms with Gasteiger partial charge in [0, 0.05) is 11.0 Å². The lowest BCUT2D eigenvalue weighted by Crippen LogP contribution is -2.17. The first-order valence-corrected chi connectivity index (χ1v) is 5.56. The van der Waals surface area contributed by atoms with Gasteiger partial charge in [0.25, 0.3) is 0 Å². The molecule has 0 aromatic heterocycles. The van der Waals surface area contributed by atoms with Crippen LogP contribution in [0.15, 0.2) is 0 Å². The second-order valence-electron chi connectivity index (χ2n) is 2.98. The minimum atomic E-state index is 0.862. The number of hydrogen-bond donors (Lipinski definition) is 1. The van der Waals surface area contributed by atoms with Crippen molar-refractivity contribution in [2.24, 2.45) is 5.92 Å². The lowest BCUT2D eigenvalue weighted by Gasteiger charge is -2.04. The van der Waals surface area contributed by atoms with E-state index in [0.717, 1.165) is 5.92 Å². The van der Waals surface area contributed by atoms with E-state index >= 15 is 0 Å². The first kappa shape index (κ1) is 10.7. The van der Waals surface area contributed by atoms with Crippen molar-refractivity contribution < 1.29 is 0 Å². The van der Waals surface area contributed by atoms with E-state index in [1.165, 1.54) is 30.4 Å². The third-order valence-corrected chi connectivity index (χ3v) is 1.95. The average molecular weight is 255 g/mol. The Balaban J connectivity index is 2.77. The van der Waals surface area contributed by atoms with Gasteiger partial charge < -0.3 is 5.32 Å². The lowest BCUT2D eigenvalue weighted by molar-refractivity contribution is 0.534. The van der Waals surface area contributed by atoms with Crippen LogP contribution in [0.4, 0.5) is 0 Å². The molecule has 0 rings (SSSR count). The summed E-state index contributed by atoms with van der Waals surface area (Å²) in [4.78, 5) is 0. The maximum Gasteiger partial charge on any atom is 0.0121 e. The van der Waals surface area contributed by atoms with E-state index in [4.69, 9.17) is 0 Å². The molecule has 0 unspecified atom stereocenters. The first-order chi connectivity index (χ1) is 4.77. The molecule has 10 heavy (non-hydrogen) atoms. The molecule has 0 amide bonds. The summed E-state index contributed by atoms with van der Waals surface area (Å²) < 4.78 is 1.22. The van der Waals surface area contributed by atoms with Crippen LogP contribution in [0.3, 0.4) is 0 Å². The predicted molar refractivity (Wildman–Crippen MR) is 55.8 cm³/mol. The normalized spacial score (nSPS) is 10.8. The number of halogens is 1. The number of alkyl halides is 1. The van der Waals surface area contributed by atoms with Gasteiger partial charge in [-0.15, -0.1) is 0 Å². The second kappa shape index (κ2) is 7.79. The highest BCUT2D eigenvalue weighted by molar-refractivity contribution is 14.1. The SMILES string of the molecule is CC(C)CCCNCCI. The van der Waals surface area contributed by atoms with E-state index in [1.54, 1.807) is 0 Å². The third-order valence-electron chi connectivity index (χ3n) is 1.41. The smallest absolute Gasteiger partial charge is 0.0121 e. The zero-order valence-electron chi connectivity index (χ0n) is 6.99. The fraction of sp³-hybridized carbons (Fsp3) is 1.00. The van der Waals surface area contributed by atoms with Gasteiger partial charge in [0.05, 0.1) is 0 Å². The Labute approximate surface area is 78.1 Å². The molecule has 0 saturated carbocycles. The van der Waals surface area contributed by atoms with Gasteiger partial charge in [-0.25, -0.2) is 0 Å². The number of rotatable bonds is 6. The monoisotopic (exact) mass is 255 g/mol. The van der Waals surface area contributed by atoms with Crippen LogP contribution in [0.1, 0.15) is 26.7 Å². The van der Waals surface area contributed by atoms with Crippen molar-refractivity contribution in [2.45, 2.75) is 26.7 Å². The topological polar surface area (TPSA) is 12.0 Å². The van der Waals surface area contributed by atoms with Crippen LogP contribution in [0.2, 0.25) is 0 Å². The van der Waals surface area contributed by atoms with Crippen LogP contribution in [0.5, 0.6) is 0 Å². The van der Waals surface area contributed by atoms with Gasteiger partial charge in [0.1, 0.15) is 0 Å². The molecule has 1 nitrogen and oxygen atoms in total. The molecule has 0 aliphatic rings. The Morgan fingerprint density at radius 2 is 2.00 bits per heavy atom. The Kier molecular flexibility index (Phi) is 8.33. The molecular weight excluding hydrogens is 237 g/mol. The molecule has 0 atom stereocenters. The van der Waals surface area contributed by atoms with E-state index in [0.29, 0.717) is 0 Å². The van der Waals surface area contributed by atoms with Gasteiger partial charge in [-0.2, -0.15) is 0 Å². The maximum absolute atomic E-state index is 3.38. The minimum Gasteiger partial charge on any atom is -0.316 e. The summed E-state index contributed by atoms with van der Waals surface area (Å²) in [6.07, 6.45) is 2.68. The van der Waals surface area contributed by atoms with Crippen LogP contribution in [-0.4, -0.2) is 17.5 Å². The Morgan fingerprint density at radius 3 is 2.50 bits per heavy atom. The van der Waals surface area contributed by atoms with Crippen molar-refractivity contribution in [2.75, 3.05) is 17.5 Å². The quantitative estimate of drug-likeness (QED) is 0.436. The predicted octanol–water partition coefficient (Wildman–Crippen LogP) is 2.45. The Bertz CT molecular complexity index is 64.3. The van der Waals surface area contributed by atoms with E-state index in [9.17, 15) is 0 Å². The summed E-state index contributed by atoms with van der Waals surface area (Å²) in [6, 6.07) is 0. The fourth-order valence-corrected chi connectivity index (χ4v) is 1.21. The van der Waals surface area contributed by atoms with Crippen molar-refractivity contribution in [1.82, 2.24) is 5.32 Å². The van der Waals surface area contributed by atoms with E-state index in [2.05, 4.69) is 41.8 Å². The van der Waals surface area contributed by atoms with Crippen molar-refractivity contribution in [3.05, 3.63) is 0 Å². The van der Waals surface area contributed by atoms with E-state index < -0.39 is 0 Å². The molecule has 0 saturated heterocycles. The molecular formula is C8H18IN. The van der Waals surface area contributed by atoms with Crippen molar-refractivity contribution >= 4 is 22.6 Å². The van der Waals surface area contributed by atoms with Gasteiger partial charge in [-0.1, -0.05) is 36.4 Å². The summed E-state index contributed by atoms with van der Waals surface area (Å²) >= 11 is 2.39. The largest absolute Gasteiger partial charge is 0.316 e. The molecule has 0 bridgehead atoms. The molecule has 0 aromatic carbocycles. The third kappa shape index (κ3) is 8.69. The molecule has 0 spiro atoms. The van der Waals surface area contributed by atoms with Crippen LogP contribution in [-0.2, 0) is 0 Å². The molecule has 2 heteroatoms. The summed E-state index contributed by atoms with van der Waals surface area (Å²) in [7, 11) is 0. The summed E-state index contributed by atoms with van der Waals surface area (Å²) in [5.74, 6) is 0.862. The Hall–Kier alpha value is 0.690. The van der Waals surface area contributed by atoms with Crippen LogP contribution < -0.4 is 5.32 Å². The highest BCUT2D eigenvalue weighted by atomic mass is 127. The molecule has 0 fully saturated rings. The van der Waals surface area contributed by atoms with Gasteiger partial charge >= 0.3 is 0 Å². The number of nitrogens with one attached hydrogen (secondary N) is 1. The maximum atomic E-state index is 3.38. The van der Waals surface area contributed by atoms with E-state index in [-0.39, 0.29) is 0 Å². The fourth-order valence-electron chi connectivity index (χ4n) is 0.827. The first-order valence-electron chi connectivity index (χ1n) is 4.04. The number of hydrogen-bond acceptors (Lipinski definition) is 1. The second-order valence-corrected chi connectivity index (χ2v) is 4.05. The summed E-state index contributed by atoms with van der Waals surface area (Å²) in [5.41, 5.74) is 0. The highest BCUT2D eigenvalue weighted by Crippen LogP contribution is 2.01. The zero-order valence-corrected chi connectivity index (χ0v) is 9.15. The van der Waals surface area contributed by atoms with Crippen molar-refractivity contribution in [3.63, 3.8) is 0 Å². The average Bonchev–Trinajstić information content (AvgIpc) is 1.87. The molecule has 1 N–H and O–H groups in total. The summed E-state index contributed by atoms with van der Waals surface area (Å²) in [5, 5.41) is 3.38. The van der Waals surface area contributed by atoms with Crippen LogP contribution in [0, 0.1) is 5.92 Å². The van der Waals surface area contributed by atoms with Crippen molar-refractivity contribution in [3.8, 4) is 0 Å². The molecule has 0 radical (unpaired) electrons. The van der Waals surface area contributed by atoms with Gasteiger partial charge in [-0.3, -0.25) is 0 Å². The zero-order chi connectivity index (χ0) is 7.82. The summed E-state index contributed by atoms with van der Waals surface area (Å²) in [6.45, 7) is 6.91. The molecule has 0 aliphatic heterocycles. The highest BCUT2D eigenvalue weighted by Gasteiger charge is 1.92.